The summed E-state index contributed by atoms with van der Waals surface area (Å²) >= 11 is 0. The molecule has 0 spiro atoms. The van der Waals surface area contributed by atoms with E-state index in [1.54, 1.807) is 12.0 Å². The van der Waals surface area contributed by atoms with Crippen molar-refractivity contribution in [3.8, 4) is 5.75 Å². The van der Waals surface area contributed by atoms with Gasteiger partial charge in [0.15, 0.2) is 0 Å². The van der Waals surface area contributed by atoms with Crippen LogP contribution in [0.2, 0.25) is 0 Å². The fraction of sp³-hybridized carbons (Fsp3) is 0.562. The Morgan fingerprint density at radius 1 is 1.30 bits per heavy atom. The molecule has 4 heteroatoms. The van der Waals surface area contributed by atoms with Crippen molar-refractivity contribution in [3.05, 3.63) is 29.8 Å². The zero-order valence-corrected chi connectivity index (χ0v) is 13.1. The Morgan fingerprint density at radius 2 is 1.85 bits per heavy atom. The van der Waals surface area contributed by atoms with Crippen LogP contribution in [0.25, 0.3) is 0 Å². The van der Waals surface area contributed by atoms with Crippen LogP contribution in [0, 0.1) is 5.41 Å². The van der Waals surface area contributed by atoms with Gasteiger partial charge >= 0.3 is 0 Å². The van der Waals surface area contributed by atoms with Crippen LogP contribution in [0.5, 0.6) is 5.75 Å². The zero-order valence-electron chi connectivity index (χ0n) is 13.1. The smallest absolute Gasteiger partial charge is 0.240 e. The minimum absolute atomic E-state index is 0.00387. The molecule has 0 bridgehead atoms. The van der Waals surface area contributed by atoms with Crippen LogP contribution >= 0.6 is 0 Å². The topological polar surface area (TPSA) is 55.6 Å². The van der Waals surface area contributed by atoms with Crippen LogP contribution in [-0.4, -0.2) is 30.5 Å². The lowest BCUT2D eigenvalue weighted by Crippen LogP contribution is -2.50. The molecule has 1 aromatic carbocycles. The quantitative estimate of drug-likeness (QED) is 0.900. The summed E-state index contributed by atoms with van der Waals surface area (Å²) in [5, 5.41) is 0. The van der Waals surface area contributed by atoms with Gasteiger partial charge in [-0.25, -0.2) is 0 Å². The van der Waals surface area contributed by atoms with Crippen LogP contribution in [0.4, 0.5) is 0 Å². The van der Waals surface area contributed by atoms with Crippen LogP contribution in [0.1, 0.15) is 33.3 Å². The second kappa shape index (κ2) is 6.75. The molecule has 1 rings (SSSR count). The molecule has 2 N–H and O–H groups in total. The highest BCUT2D eigenvalue weighted by Gasteiger charge is 2.30. The van der Waals surface area contributed by atoms with Gasteiger partial charge in [-0.15, -0.1) is 0 Å². The van der Waals surface area contributed by atoms with Crippen LogP contribution in [-0.2, 0) is 11.3 Å². The normalized spacial score (nSPS) is 12.9. The highest BCUT2D eigenvalue weighted by Crippen LogP contribution is 2.20. The number of likely N-dealkylation sites (N-methyl/N-ethyl adjacent to an activating group) is 1. The molecule has 0 aliphatic carbocycles. The molecule has 20 heavy (non-hydrogen) atoms. The van der Waals surface area contributed by atoms with E-state index in [0.29, 0.717) is 13.1 Å². The van der Waals surface area contributed by atoms with Gasteiger partial charge in [0.2, 0.25) is 5.91 Å². The first-order valence-corrected chi connectivity index (χ1v) is 6.97. The van der Waals surface area contributed by atoms with Crippen molar-refractivity contribution in [2.75, 3.05) is 13.7 Å². The Hall–Kier alpha value is -1.55. The van der Waals surface area contributed by atoms with Gasteiger partial charge in [0.1, 0.15) is 5.75 Å². The fourth-order valence-corrected chi connectivity index (χ4v) is 1.86. The predicted molar refractivity (Wildman–Crippen MR) is 81.5 cm³/mol. The third-order valence-electron chi connectivity index (χ3n) is 3.42. The molecule has 1 amide bonds. The van der Waals surface area contributed by atoms with Crippen molar-refractivity contribution >= 4 is 5.91 Å². The highest BCUT2D eigenvalue weighted by molar-refractivity contribution is 5.82. The average Bonchev–Trinajstić information content (AvgIpc) is 2.42. The molecule has 0 unspecified atom stereocenters. The van der Waals surface area contributed by atoms with Crippen LogP contribution in [0.3, 0.4) is 0 Å². The van der Waals surface area contributed by atoms with Crippen molar-refractivity contribution in [2.24, 2.45) is 11.1 Å². The minimum atomic E-state index is -0.485. The standard InChI is InChI=1S/C16H26N2O2/c1-6-18(15(19)14(17)16(2,3)4)11-12-7-9-13(20-5)10-8-12/h7-10,14H,6,11,17H2,1-5H3/t14-/m0/s1. The lowest BCUT2D eigenvalue weighted by Gasteiger charge is -2.31. The number of benzene rings is 1. The molecule has 0 heterocycles. The van der Waals surface area contributed by atoms with Crippen LogP contribution in [0.15, 0.2) is 24.3 Å². The van der Waals surface area contributed by atoms with E-state index in [4.69, 9.17) is 10.5 Å². The maximum atomic E-state index is 12.4. The molecule has 1 aromatic rings. The molecule has 0 radical (unpaired) electrons. The van der Waals surface area contributed by atoms with Gasteiger partial charge in [-0.2, -0.15) is 0 Å². The first-order valence-electron chi connectivity index (χ1n) is 6.97. The van der Waals surface area contributed by atoms with E-state index in [-0.39, 0.29) is 11.3 Å². The number of carbonyl (C=O) groups is 1. The van der Waals surface area contributed by atoms with Crippen molar-refractivity contribution in [1.29, 1.82) is 0 Å². The molecule has 0 fully saturated rings. The lowest BCUT2D eigenvalue weighted by atomic mass is 9.86. The van der Waals surface area contributed by atoms with E-state index in [2.05, 4.69) is 0 Å². The molecule has 4 nitrogen and oxygen atoms in total. The number of hydrogen-bond donors (Lipinski definition) is 1. The summed E-state index contributed by atoms with van der Waals surface area (Å²) in [6.45, 7) is 9.14. The molecule has 0 aliphatic heterocycles. The first kappa shape index (κ1) is 16.5. The van der Waals surface area contributed by atoms with Gasteiger partial charge < -0.3 is 15.4 Å². The fourth-order valence-electron chi connectivity index (χ4n) is 1.86. The van der Waals surface area contributed by atoms with Crippen molar-refractivity contribution in [2.45, 2.75) is 40.3 Å². The number of rotatable bonds is 5. The van der Waals surface area contributed by atoms with Crippen molar-refractivity contribution in [1.82, 2.24) is 4.90 Å². The first-order chi connectivity index (χ1) is 9.29. The lowest BCUT2D eigenvalue weighted by molar-refractivity contribution is -0.135. The third-order valence-corrected chi connectivity index (χ3v) is 3.42. The second-order valence-electron chi connectivity index (χ2n) is 6.04. The van der Waals surface area contributed by atoms with Crippen molar-refractivity contribution in [3.63, 3.8) is 0 Å². The number of carbonyl (C=O) groups excluding carboxylic acids is 1. The van der Waals surface area contributed by atoms with Gasteiger partial charge in [0.25, 0.3) is 0 Å². The summed E-state index contributed by atoms with van der Waals surface area (Å²) in [7, 11) is 1.64. The molecular weight excluding hydrogens is 252 g/mol. The Morgan fingerprint density at radius 3 is 2.25 bits per heavy atom. The SMILES string of the molecule is CCN(Cc1ccc(OC)cc1)C(=O)[C@H](N)C(C)(C)C. The third kappa shape index (κ3) is 4.23. The number of methoxy groups -OCH3 is 1. The minimum Gasteiger partial charge on any atom is -0.497 e. The van der Waals surface area contributed by atoms with Crippen LogP contribution < -0.4 is 10.5 Å². The number of hydrogen-bond acceptors (Lipinski definition) is 3. The number of amides is 1. The van der Waals surface area contributed by atoms with E-state index in [1.807, 2.05) is 52.0 Å². The maximum absolute atomic E-state index is 12.4. The van der Waals surface area contributed by atoms with Gasteiger partial charge in [0, 0.05) is 13.1 Å². The zero-order chi connectivity index (χ0) is 15.3. The largest absolute Gasteiger partial charge is 0.497 e. The number of ether oxygens (including phenoxy) is 1. The van der Waals surface area contributed by atoms with Gasteiger partial charge in [-0.05, 0) is 30.0 Å². The monoisotopic (exact) mass is 278 g/mol. The summed E-state index contributed by atoms with van der Waals surface area (Å²) < 4.78 is 5.13. The summed E-state index contributed by atoms with van der Waals surface area (Å²) in [6, 6.07) is 7.25. The molecule has 0 aliphatic rings. The molecular formula is C16H26N2O2. The van der Waals surface area contributed by atoms with E-state index >= 15 is 0 Å². The molecule has 0 saturated carbocycles. The van der Waals surface area contributed by atoms with Gasteiger partial charge in [-0.3, -0.25) is 4.79 Å². The van der Waals surface area contributed by atoms with E-state index in [1.165, 1.54) is 0 Å². The summed E-state index contributed by atoms with van der Waals surface area (Å²) in [5.41, 5.74) is 6.90. The summed E-state index contributed by atoms with van der Waals surface area (Å²) in [6.07, 6.45) is 0. The average molecular weight is 278 g/mol. The Kier molecular flexibility index (Phi) is 5.57. The maximum Gasteiger partial charge on any atom is 0.240 e. The predicted octanol–water partition coefficient (Wildman–Crippen LogP) is 2.42. The Balaban J connectivity index is 2.78. The molecule has 0 saturated heterocycles. The van der Waals surface area contributed by atoms with Gasteiger partial charge in [0.05, 0.1) is 13.2 Å². The molecule has 1 atom stereocenters. The Labute approximate surface area is 121 Å². The highest BCUT2D eigenvalue weighted by atomic mass is 16.5. The second-order valence-corrected chi connectivity index (χ2v) is 6.04. The molecule has 0 aromatic heterocycles. The summed E-state index contributed by atoms with van der Waals surface area (Å²) in [4.78, 5) is 14.2. The van der Waals surface area contributed by atoms with Crippen molar-refractivity contribution < 1.29 is 9.53 Å². The molecule has 112 valence electrons. The van der Waals surface area contributed by atoms with E-state index < -0.39 is 6.04 Å². The Bertz CT molecular complexity index is 435. The number of nitrogens with two attached hydrogens (primary N) is 1. The van der Waals surface area contributed by atoms with E-state index in [0.717, 1.165) is 11.3 Å². The van der Waals surface area contributed by atoms with Gasteiger partial charge in [-0.1, -0.05) is 32.9 Å². The summed E-state index contributed by atoms with van der Waals surface area (Å²) in [5.74, 6) is 0.810. The van der Waals surface area contributed by atoms with E-state index in [9.17, 15) is 4.79 Å². The number of nitrogens with zero attached hydrogens (tertiary/aromatic N) is 1.